The van der Waals surface area contributed by atoms with E-state index in [2.05, 4.69) is 0 Å². The summed E-state index contributed by atoms with van der Waals surface area (Å²) in [6, 6.07) is 15.7. The van der Waals surface area contributed by atoms with Crippen LogP contribution >= 0.6 is 11.8 Å². The van der Waals surface area contributed by atoms with Gasteiger partial charge >= 0.3 is 5.63 Å². The molecule has 0 N–H and O–H groups in total. The molecule has 0 saturated carbocycles. The SMILES string of the molecule is CSc1ccc(-c2cc3ccc(C)cc3oc2=O)cc1. The van der Waals surface area contributed by atoms with Crippen LogP contribution in [0.25, 0.3) is 22.1 Å². The summed E-state index contributed by atoms with van der Waals surface area (Å²) in [4.78, 5) is 13.3. The molecule has 0 spiro atoms. The number of benzene rings is 2. The molecule has 0 unspecified atom stereocenters. The van der Waals surface area contributed by atoms with E-state index in [1.165, 1.54) is 4.90 Å². The fraction of sp³-hybridized carbons (Fsp3) is 0.118. The van der Waals surface area contributed by atoms with Gasteiger partial charge in [-0.15, -0.1) is 11.8 Å². The van der Waals surface area contributed by atoms with Crippen LogP contribution in [-0.2, 0) is 0 Å². The molecule has 20 heavy (non-hydrogen) atoms. The van der Waals surface area contributed by atoms with Crippen molar-refractivity contribution in [2.45, 2.75) is 11.8 Å². The second-order valence-electron chi connectivity index (χ2n) is 4.72. The van der Waals surface area contributed by atoms with Gasteiger partial charge in [-0.1, -0.05) is 24.3 Å². The van der Waals surface area contributed by atoms with Crippen molar-refractivity contribution in [2.24, 2.45) is 0 Å². The van der Waals surface area contributed by atoms with Gasteiger partial charge in [-0.3, -0.25) is 0 Å². The van der Waals surface area contributed by atoms with Crippen molar-refractivity contribution in [1.29, 1.82) is 0 Å². The zero-order valence-corrected chi connectivity index (χ0v) is 12.2. The van der Waals surface area contributed by atoms with Crippen LogP contribution in [-0.4, -0.2) is 6.26 Å². The predicted octanol–water partition coefficient (Wildman–Crippen LogP) is 4.49. The van der Waals surface area contributed by atoms with Crippen LogP contribution < -0.4 is 5.63 Å². The van der Waals surface area contributed by atoms with E-state index in [1.54, 1.807) is 11.8 Å². The number of thioether (sulfide) groups is 1. The molecule has 0 saturated heterocycles. The molecule has 0 atom stereocenters. The zero-order chi connectivity index (χ0) is 14.1. The van der Waals surface area contributed by atoms with Crippen LogP contribution in [0.3, 0.4) is 0 Å². The number of rotatable bonds is 2. The van der Waals surface area contributed by atoms with Crippen LogP contribution in [0, 0.1) is 6.92 Å². The monoisotopic (exact) mass is 282 g/mol. The Morgan fingerprint density at radius 2 is 1.75 bits per heavy atom. The first-order valence-electron chi connectivity index (χ1n) is 6.36. The molecular formula is C17H14O2S. The highest BCUT2D eigenvalue weighted by Gasteiger charge is 2.07. The van der Waals surface area contributed by atoms with E-state index < -0.39 is 0 Å². The Labute approximate surface area is 121 Å². The van der Waals surface area contributed by atoms with Crippen molar-refractivity contribution >= 4 is 22.7 Å². The van der Waals surface area contributed by atoms with Crippen molar-refractivity contribution in [3.05, 3.63) is 64.5 Å². The largest absolute Gasteiger partial charge is 0.422 e. The Morgan fingerprint density at radius 1 is 1.00 bits per heavy atom. The summed E-state index contributed by atoms with van der Waals surface area (Å²) in [5.74, 6) is 0. The first-order valence-corrected chi connectivity index (χ1v) is 7.59. The number of hydrogen-bond donors (Lipinski definition) is 0. The first kappa shape index (κ1) is 13.0. The van der Waals surface area contributed by atoms with E-state index in [1.807, 2.05) is 61.7 Å². The molecule has 0 fully saturated rings. The van der Waals surface area contributed by atoms with Gasteiger partial charge < -0.3 is 4.42 Å². The van der Waals surface area contributed by atoms with E-state index in [-0.39, 0.29) is 5.63 Å². The average Bonchev–Trinajstić information content (AvgIpc) is 2.46. The number of fused-ring (bicyclic) bond motifs is 1. The fourth-order valence-corrected chi connectivity index (χ4v) is 2.60. The maximum Gasteiger partial charge on any atom is 0.344 e. The smallest absolute Gasteiger partial charge is 0.344 e. The van der Waals surface area contributed by atoms with Crippen LogP contribution in [0.1, 0.15) is 5.56 Å². The zero-order valence-electron chi connectivity index (χ0n) is 11.3. The van der Waals surface area contributed by atoms with Crippen LogP contribution in [0.4, 0.5) is 0 Å². The van der Waals surface area contributed by atoms with Crippen molar-refractivity contribution in [3.8, 4) is 11.1 Å². The van der Waals surface area contributed by atoms with Gasteiger partial charge in [0, 0.05) is 10.3 Å². The van der Waals surface area contributed by atoms with Gasteiger partial charge in [0.2, 0.25) is 0 Å². The highest BCUT2D eigenvalue weighted by atomic mass is 32.2. The molecule has 0 radical (unpaired) electrons. The lowest BCUT2D eigenvalue weighted by Crippen LogP contribution is -2.02. The third-order valence-electron chi connectivity index (χ3n) is 3.29. The van der Waals surface area contributed by atoms with E-state index in [0.29, 0.717) is 11.1 Å². The molecular weight excluding hydrogens is 268 g/mol. The number of aryl methyl sites for hydroxylation is 1. The van der Waals surface area contributed by atoms with Gasteiger partial charge in [0.15, 0.2) is 0 Å². The topological polar surface area (TPSA) is 30.2 Å². The molecule has 100 valence electrons. The lowest BCUT2D eigenvalue weighted by atomic mass is 10.1. The normalized spacial score (nSPS) is 10.9. The Hall–Kier alpha value is -2.00. The van der Waals surface area contributed by atoms with Crippen LogP contribution in [0.5, 0.6) is 0 Å². The molecule has 0 aliphatic rings. The van der Waals surface area contributed by atoms with Gasteiger partial charge in [-0.05, 0) is 48.6 Å². The molecule has 3 rings (SSSR count). The highest BCUT2D eigenvalue weighted by molar-refractivity contribution is 7.98. The summed E-state index contributed by atoms with van der Waals surface area (Å²) >= 11 is 1.68. The molecule has 0 aliphatic heterocycles. The third kappa shape index (κ3) is 2.37. The second kappa shape index (κ2) is 5.17. The second-order valence-corrected chi connectivity index (χ2v) is 5.60. The summed E-state index contributed by atoms with van der Waals surface area (Å²) in [5, 5.41) is 0.944. The minimum atomic E-state index is -0.292. The molecule has 2 aromatic carbocycles. The Balaban J connectivity index is 2.17. The first-order chi connectivity index (χ1) is 9.67. The highest BCUT2D eigenvalue weighted by Crippen LogP contribution is 2.24. The summed E-state index contributed by atoms with van der Waals surface area (Å²) in [6.45, 7) is 1.98. The summed E-state index contributed by atoms with van der Waals surface area (Å²) < 4.78 is 5.42. The molecule has 3 heteroatoms. The maximum atomic E-state index is 12.1. The third-order valence-corrected chi connectivity index (χ3v) is 4.04. The Kier molecular flexibility index (Phi) is 3.36. The van der Waals surface area contributed by atoms with Gasteiger partial charge in [-0.25, -0.2) is 4.79 Å². The molecule has 0 bridgehead atoms. The lowest BCUT2D eigenvalue weighted by molar-refractivity contribution is 0.563. The predicted molar refractivity (Wildman–Crippen MR) is 84.4 cm³/mol. The Morgan fingerprint density at radius 3 is 2.45 bits per heavy atom. The molecule has 1 heterocycles. The molecule has 0 aliphatic carbocycles. The summed E-state index contributed by atoms with van der Waals surface area (Å²) in [5.41, 5.74) is 2.92. The molecule has 0 amide bonds. The van der Waals surface area contributed by atoms with Gasteiger partial charge in [-0.2, -0.15) is 0 Å². The molecule has 2 nitrogen and oxygen atoms in total. The van der Waals surface area contributed by atoms with Crippen molar-refractivity contribution in [1.82, 2.24) is 0 Å². The van der Waals surface area contributed by atoms with Gasteiger partial charge in [0.05, 0.1) is 5.56 Å². The van der Waals surface area contributed by atoms with E-state index in [0.717, 1.165) is 16.5 Å². The molecule has 1 aromatic heterocycles. The maximum absolute atomic E-state index is 12.1. The van der Waals surface area contributed by atoms with E-state index >= 15 is 0 Å². The van der Waals surface area contributed by atoms with E-state index in [9.17, 15) is 4.79 Å². The quantitative estimate of drug-likeness (QED) is 0.512. The van der Waals surface area contributed by atoms with Crippen molar-refractivity contribution in [3.63, 3.8) is 0 Å². The van der Waals surface area contributed by atoms with Gasteiger partial charge in [0.1, 0.15) is 5.58 Å². The van der Waals surface area contributed by atoms with Crippen molar-refractivity contribution < 1.29 is 4.42 Å². The summed E-state index contributed by atoms with van der Waals surface area (Å²) in [6.07, 6.45) is 2.03. The fourth-order valence-electron chi connectivity index (χ4n) is 2.19. The summed E-state index contributed by atoms with van der Waals surface area (Å²) in [7, 11) is 0. The minimum absolute atomic E-state index is 0.292. The average molecular weight is 282 g/mol. The van der Waals surface area contributed by atoms with E-state index in [4.69, 9.17) is 4.42 Å². The standard InChI is InChI=1S/C17H14O2S/c1-11-3-4-13-10-15(17(18)19-16(13)9-11)12-5-7-14(20-2)8-6-12/h3-10H,1-2H3. The molecule has 3 aromatic rings. The minimum Gasteiger partial charge on any atom is -0.422 e. The van der Waals surface area contributed by atoms with Crippen LogP contribution in [0.15, 0.2) is 62.6 Å². The van der Waals surface area contributed by atoms with Crippen molar-refractivity contribution in [2.75, 3.05) is 6.26 Å². The van der Waals surface area contributed by atoms with Crippen LogP contribution in [0.2, 0.25) is 0 Å². The number of hydrogen-bond acceptors (Lipinski definition) is 3. The Bertz CT molecular complexity index is 817. The lowest BCUT2D eigenvalue weighted by Gasteiger charge is -2.04. The van der Waals surface area contributed by atoms with Gasteiger partial charge in [0.25, 0.3) is 0 Å².